The van der Waals surface area contributed by atoms with Crippen LogP contribution in [0.2, 0.25) is 0 Å². The van der Waals surface area contributed by atoms with E-state index in [2.05, 4.69) is 68.5 Å². The van der Waals surface area contributed by atoms with E-state index < -0.39 is 0 Å². The van der Waals surface area contributed by atoms with Crippen LogP contribution in [0.4, 0.5) is 11.8 Å². The van der Waals surface area contributed by atoms with Crippen LogP contribution in [0.25, 0.3) is 0 Å². The summed E-state index contributed by atoms with van der Waals surface area (Å²) in [6.45, 7) is 2.55. The summed E-state index contributed by atoms with van der Waals surface area (Å²) in [5.74, 6) is 1.54. The zero-order valence-electron chi connectivity index (χ0n) is 14.3. The Morgan fingerprint density at radius 3 is 2.60 bits per heavy atom. The first-order valence-electron chi connectivity index (χ1n) is 8.56. The Morgan fingerprint density at radius 2 is 1.76 bits per heavy atom. The van der Waals surface area contributed by atoms with Gasteiger partial charge in [0.15, 0.2) is 5.82 Å². The summed E-state index contributed by atoms with van der Waals surface area (Å²) < 4.78 is 0. The summed E-state index contributed by atoms with van der Waals surface area (Å²) in [6, 6.07) is 19.0. The molecule has 1 aliphatic rings. The molecule has 25 heavy (non-hydrogen) atoms. The third-order valence-corrected chi connectivity index (χ3v) is 4.60. The smallest absolute Gasteiger partial charge is 0.247 e. The molecule has 4 rings (SSSR count). The molecule has 0 bridgehead atoms. The first-order chi connectivity index (χ1) is 12.3. The molecule has 0 fully saturated rings. The molecule has 1 aliphatic heterocycles. The molecule has 0 spiro atoms. The molecule has 1 aromatic heterocycles. The van der Waals surface area contributed by atoms with E-state index in [1.54, 1.807) is 6.20 Å². The van der Waals surface area contributed by atoms with Gasteiger partial charge in [-0.15, -0.1) is 5.10 Å². The molecule has 0 unspecified atom stereocenters. The van der Waals surface area contributed by atoms with Crippen LogP contribution in [0, 0.1) is 0 Å². The topological polar surface area (TPSA) is 45.2 Å². The van der Waals surface area contributed by atoms with Crippen molar-refractivity contribution < 1.29 is 0 Å². The lowest BCUT2D eigenvalue weighted by Gasteiger charge is -2.29. The molecule has 0 amide bonds. The highest BCUT2D eigenvalue weighted by molar-refractivity contribution is 5.44. The van der Waals surface area contributed by atoms with Gasteiger partial charge in [-0.1, -0.05) is 54.6 Å². The van der Waals surface area contributed by atoms with E-state index in [1.807, 2.05) is 13.1 Å². The van der Waals surface area contributed by atoms with E-state index in [9.17, 15) is 0 Å². The Kier molecular flexibility index (Phi) is 4.29. The van der Waals surface area contributed by atoms with Crippen LogP contribution in [0.3, 0.4) is 0 Å². The third kappa shape index (κ3) is 3.45. The molecule has 0 saturated heterocycles. The lowest BCUT2D eigenvalue weighted by atomic mass is 10.0. The van der Waals surface area contributed by atoms with Crippen LogP contribution in [-0.2, 0) is 19.5 Å². The van der Waals surface area contributed by atoms with Crippen LogP contribution in [-0.4, -0.2) is 28.8 Å². The molecule has 0 aliphatic carbocycles. The number of hydrogen-bond acceptors (Lipinski definition) is 5. The lowest BCUT2D eigenvalue weighted by molar-refractivity contribution is 0.694. The van der Waals surface area contributed by atoms with Crippen molar-refractivity contribution in [1.82, 2.24) is 15.2 Å². The van der Waals surface area contributed by atoms with Crippen LogP contribution in [0.15, 0.2) is 60.8 Å². The quantitative estimate of drug-likeness (QED) is 0.735. The third-order valence-electron chi connectivity index (χ3n) is 4.60. The first kappa shape index (κ1) is 15.6. The molecular formula is C20H21N5. The molecule has 2 heterocycles. The minimum Gasteiger partial charge on any atom is -0.354 e. The Labute approximate surface area is 148 Å². The van der Waals surface area contributed by atoms with Crippen LogP contribution >= 0.6 is 0 Å². The van der Waals surface area contributed by atoms with Gasteiger partial charge in [0.25, 0.3) is 0 Å². The van der Waals surface area contributed by atoms with Crippen LogP contribution < -0.4 is 9.80 Å². The zero-order valence-corrected chi connectivity index (χ0v) is 14.3. The van der Waals surface area contributed by atoms with E-state index in [4.69, 9.17) is 4.98 Å². The van der Waals surface area contributed by atoms with Gasteiger partial charge in [-0.2, -0.15) is 10.1 Å². The number of hydrogen-bond donors (Lipinski definition) is 0. The summed E-state index contributed by atoms with van der Waals surface area (Å²) >= 11 is 0. The van der Waals surface area contributed by atoms with Gasteiger partial charge in [-0.05, 0) is 23.1 Å². The summed E-state index contributed by atoms with van der Waals surface area (Å²) in [7, 11) is 2.03. The minimum atomic E-state index is 0.701. The van der Waals surface area contributed by atoms with Crippen molar-refractivity contribution in [1.29, 1.82) is 0 Å². The van der Waals surface area contributed by atoms with Crippen molar-refractivity contribution in [3.05, 3.63) is 77.5 Å². The number of aromatic nitrogens is 3. The van der Waals surface area contributed by atoms with Crippen molar-refractivity contribution in [3.63, 3.8) is 0 Å². The number of anilines is 2. The highest BCUT2D eigenvalue weighted by atomic mass is 15.3. The average molecular weight is 331 g/mol. The second-order valence-electron chi connectivity index (χ2n) is 6.40. The van der Waals surface area contributed by atoms with Gasteiger partial charge in [0, 0.05) is 26.7 Å². The molecule has 2 aromatic carbocycles. The fraction of sp³-hybridized carbons (Fsp3) is 0.250. The Bertz CT molecular complexity index is 849. The van der Waals surface area contributed by atoms with Crippen molar-refractivity contribution in [2.75, 3.05) is 23.4 Å². The van der Waals surface area contributed by atoms with E-state index in [1.165, 1.54) is 16.7 Å². The van der Waals surface area contributed by atoms with Crippen molar-refractivity contribution in [3.8, 4) is 0 Å². The number of rotatable bonds is 4. The van der Waals surface area contributed by atoms with E-state index in [-0.39, 0.29) is 0 Å². The molecule has 0 N–H and O–H groups in total. The lowest BCUT2D eigenvalue weighted by Crippen LogP contribution is -2.32. The second kappa shape index (κ2) is 6.89. The average Bonchev–Trinajstić information content (AvgIpc) is 2.68. The molecule has 0 radical (unpaired) electrons. The van der Waals surface area contributed by atoms with Gasteiger partial charge in [0.1, 0.15) is 0 Å². The molecule has 5 nitrogen and oxygen atoms in total. The van der Waals surface area contributed by atoms with E-state index in [0.29, 0.717) is 5.95 Å². The Balaban J connectivity index is 1.52. The Morgan fingerprint density at radius 1 is 1.00 bits per heavy atom. The van der Waals surface area contributed by atoms with Gasteiger partial charge in [-0.25, -0.2) is 0 Å². The number of benzene rings is 2. The predicted molar refractivity (Wildman–Crippen MR) is 99.6 cm³/mol. The van der Waals surface area contributed by atoms with Gasteiger partial charge in [-0.3, -0.25) is 0 Å². The number of fused-ring (bicyclic) bond motifs is 1. The predicted octanol–water partition coefficient (Wildman–Crippen LogP) is 3.07. The SMILES string of the molecule is CN(Cc1ccccc1)c1cnnc(N2CCc3ccccc3C2)n1. The maximum absolute atomic E-state index is 4.74. The molecule has 0 saturated carbocycles. The highest BCUT2D eigenvalue weighted by Crippen LogP contribution is 2.22. The van der Waals surface area contributed by atoms with Gasteiger partial charge in [0.2, 0.25) is 5.95 Å². The molecule has 126 valence electrons. The summed E-state index contributed by atoms with van der Waals surface area (Å²) in [5, 5.41) is 8.45. The standard InChI is InChI=1S/C20H21N5/c1-24(14-16-7-3-2-4-8-16)19-13-21-23-20(22-19)25-12-11-17-9-5-6-10-18(17)15-25/h2-10,13H,11-12,14-15H2,1H3. The summed E-state index contributed by atoms with van der Waals surface area (Å²) in [4.78, 5) is 9.05. The van der Waals surface area contributed by atoms with Crippen molar-refractivity contribution in [2.24, 2.45) is 0 Å². The first-order valence-corrected chi connectivity index (χ1v) is 8.56. The summed E-state index contributed by atoms with van der Waals surface area (Å²) in [6.07, 6.45) is 2.74. The molecule has 0 atom stereocenters. The summed E-state index contributed by atoms with van der Waals surface area (Å²) in [5.41, 5.74) is 4.02. The minimum absolute atomic E-state index is 0.701. The Hall–Kier alpha value is -2.95. The zero-order chi connectivity index (χ0) is 17.1. The van der Waals surface area contributed by atoms with Crippen molar-refractivity contribution in [2.45, 2.75) is 19.5 Å². The maximum atomic E-state index is 4.74. The van der Waals surface area contributed by atoms with Gasteiger partial charge >= 0.3 is 0 Å². The van der Waals surface area contributed by atoms with Gasteiger partial charge < -0.3 is 9.80 Å². The molecule has 3 aromatic rings. The van der Waals surface area contributed by atoms with E-state index >= 15 is 0 Å². The molecule has 5 heteroatoms. The molecular weight excluding hydrogens is 310 g/mol. The van der Waals surface area contributed by atoms with E-state index in [0.717, 1.165) is 31.9 Å². The van der Waals surface area contributed by atoms with Crippen LogP contribution in [0.1, 0.15) is 16.7 Å². The highest BCUT2D eigenvalue weighted by Gasteiger charge is 2.19. The fourth-order valence-corrected chi connectivity index (χ4v) is 3.21. The number of nitrogens with zero attached hydrogens (tertiary/aromatic N) is 5. The second-order valence-corrected chi connectivity index (χ2v) is 6.40. The monoisotopic (exact) mass is 331 g/mol. The normalized spacial score (nSPS) is 13.4. The largest absolute Gasteiger partial charge is 0.354 e. The van der Waals surface area contributed by atoms with Gasteiger partial charge in [0.05, 0.1) is 6.20 Å². The van der Waals surface area contributed by atoms with Crippen molar-refractivity contribution >= 4 is 11.8 Å². The van der Waals surface area contributed by atoms with Crippen LogP contribution in [0.5, 0.6) is 0 Å². The maximum Gasteiger partial charge on any atom is 0.247 e. The fourth-order valence-electron chi connectivity index (χ4n) is 3.21.